The molecule has 3 aromatic rings. The van der Waals surface area contributed by atoms with Gasteiger partial charge in [0, 0.05) is 14.1 Å². The first-order valence-electron chi connectivity index (χ1n) is 6.45. The lowest BCUT2D eigenvalue weighted by Crippen LogP contribution is -2.26. The van der Waals surface area contributed by atoms with Crippen LogP contribution < -0.4 is 4.31 Å². The highest BCUT2D eigenvalue weighted by molar-refractivity contribution is 7.92. The number of hydrogen-bond donors (Lipinski definition) is 0. The number of hydrogen-bond acceptors (Lipinski definition) is 3. The highest BCUT2D eigenvalue weighted by atomic mass is 32.2. The van der Waals surface area contributed by atoms with Crippen LogP contribution in [0.4, 0.5) is 5.69 Å². The predicted octanol–water partition coefficient (Wildman–Crippen LogP) is 2.40. The van der Waals surface area contributed by atoms with Gasteiger partial charge in [0.15, 0.2) is 0 Å². The molecule has 0 unspecified atom stereocenters. The quantitative estimate of drug-likeness (QED) is 0.746. The van der Waals surface area contributed by atoms with Crippen molar-refractivity contribution in [2.45, 2.75) is 4.90 Å². The van der Waals surface area contributed by atoms with Crippen LogP contribution >= 0.6 is 0 Å². The van der Waals surface area contributed by atoms with Crippen molar-refractivity contribution in [3.8, 4) is 0 Å². The minimum atomic E-state index is -3.59. The van der Waals surface area contributed by atoms with Crippen molar-refractivity contribution < 1.29 is 8.42 Å². The first-order chi connectivity index (χ1) is 10.00. The fourth-order valence-electron chi connectivity index (χ4n) is 2.21. The summed E-state index contributed by atoms with van der Waals surface area (Å²) in [4.78, 5) is 4.44. The Labute approximate surface area is 123 Å². The van der Waals surface area contributed by atoms with Crippen molar-refractivity contribution in [2.24, 2.45) is 7.05 Å². The topological polar surface area (TPSA) is 55.2 Å². The normalized spacial score (nSPS) is 11.7. The zero-order valence-electron chi connectivity index (χ0n) is 11.8. The molecule has 0 aliphatic rings. The lowest BCUT2D eigenvalue weighted by molar-refractivity contribution is 0.594. The van der Waals surface area contributed by atoms with Crippen LogP contribution in [0.15, 0.2) is 59.8 Å². The molecule has 21 heavy (non-hydrogen) atoms. The van der Waals surface area contributed by atoms with Crippen molar-refractivity contribution in [2.75, 3.05) is 11.4 Å². The molecule has 0 aliphatic heterocycles. The Hall–Kier alpha value is -2.34. The van der Waals surface area contributed by atoms with E-state index in [1.165, 1.54) is 4.31 Å². The van der Waals surface area contributed by atoms with Gasteiger partial charge in [-0.05, 0) is 30.3 Å². The molecule has 1 heterocycles. The van der Waals surface area contributed by atoms with Gasteiger partial charge in [0.2, 0.25) is 0 Å². The third kappa shape index (κ3) is 2.27. The first-order valence-corrected chi connectivity index (χ1v) is 7.89. The van der Waals surface area contributed by atoms with E-state index in [2.05, 4.69) is 4.98 Å². The molecule has 0 fully saturated rings. The summed E-state index contributed by atoms with van der Waals surface area (Å²) in [7, 11) is -0.167. The van der Waals surface area contributed by atoms with E-state index in [4.69, 9.17) is 0 Å². The fourth-order valence-corrected chi connectivity index (χ4v) is 3.43. The number of fused-ring (bicyclic) bond motifs is 1. The summed E-state index contributed by atoms with van der Waals surface area (Å²) in [5.74, 6) is 0. The molecule has 0 spiro atoms. The standard InChI is InChI=1S/C15H15N3O2S/c1-17-11-16-14-10-13(8-9-15(14)17)21(19,20)18(2)12-6-4-3-5-7-12/h3-11H,1-2H3. The molecule has 108 valence electrons. The Morgan fingerprint density at radius 2 is 1.81 bits per heavy atom. The molecule has 0 aliphatic carbocycles. The van der Waals surface area contributed by atoms with Crippen LogP contribution in [0.25, 0.3) is 11.0 Å². The van der Waals surface area contributed by atoms with Gasteiger partial charge in [0.25, 0.3) is 10.0 Å². The second-order valence-electron chi connectivity index (χ2n) is 4.81. The maximum atomic E-state index is 12.7. The predicted molar refractivity (Wildman–Crippen MR) is 82.7 cm³/mol. The van der Waals surface area contributed by atoms with Crippen molar-refractivity contribution in [3.63, 3.8) is 0 Å². The summed E-state index contributed by atoms with van der Waals surface area (Å²) in [6.45, 7) is 0. The van der Waals surface area contributed by atoms with E-state index < -0.39 is 10.0 Å². The highest BCUT2D eigenvalue weighted by Gasteiger charge is 2.21. The zero-order chi connectivity index (χ0) is 15.0. The summed E-state index contributed by atoms with van der Waals surface area (Å²) < 4.78 is 28.5. The summed E-state index contributed by atoms with van der Waals surface area (Å²) >= 11 is 0. The third-order valence-corrected chi connectivity index (χ3v) is 5.26. The van der Waals surface area contributed by atoms with E-state index >= 15 is 0 Å². The van der Waals surface area contributed by atoms with Gasteiger partial charge in [-0.3, -0.25) is 4.31 Å². The number of benzene rings is 2. The molecule has 6 heteroatoms. The smallest absolute Gasteiger partial charge is 0.264 e. The molecule has 5 nitrogen and oxygen atoms in total. The fraction of sp³-hybridized carbons (Fsp3) is 0.133. The number of anilines is 1. The number of nitrogens with zero attached hydrogens (tertiary/aromatic N) is 3. The molecule has 2 aromatic carbocycles. The second-order valence-corrected chi connectivity index (χ2v) is 6.78. The van der Waals surface area contributed by atoms with Gasteiger partial charge in [0.05, 0.1) is 27.9 Å². The van der Waals surface area contributed by atoms with Gasteiger partial charge >= 0.3 is 0 Å². The van der Waals surface area contributed by atoms with Gasteiger partial charge in [-0.15, -0.1) is 0 Å². The number of imidazole rings is 1. The lowest BCUT2D eigenvalue weighted by atomic mass is 10.3. The average molecular weight is 301 g/mol. The van der Waals surface area contributed by atoms with Crippen LogP contribution in [0.2, 0.25) is 0 Å². The lowest BCUT2D eigenvalue weighted by Gasteiger charge is -2.19. The zero-order valence-corrected chi connectivity index (χ0v) is 12.6. The summed E-state index contributed by atoms with van der Waals surface area (Å²) in [5.41, 5.74) is 2.19. The maximum absolute atomic E-state index is 12.7. The molecular formula is C15H15N3O2S. The Kier molecular flexibility index (Phi) is 3.17. The Bertz CT molecular complexity index is 886. The molecule has 0 atom stereocenters. The van der Waals surface area contributed by atoms with E-state index in [0.717, 1.165) is 5.52 Å². The molecule has 0 amide bonds. The number of para-hydroxylation sites is 1. The first kappa shape index (κ1) is 13.6. The van der Waals surface area contributed by atoms with Crippen molar-refractivity contribution in [3.05, 3.63) is 54.9 Å². The maximum Gasteiger partial charge on any atom is 0.264 e. The molecule has 0 N–H and O–H groups in total. The van der Waals surface area contributed by atoms with E-state index in [0.29, 0.717) is 11.2 Å². The van der Waals surface area contributed by atoms with Crippen molar-refractivity contribution >= 4 is 26.7 Å². The highest BCUT2D eigenvalue weighted by Crippen LogP contribution is 2.24. The van der Waals surface area contributed by atoms with E-state index in [1.54, 1.807) is 43.7 Å². The largest absolute Gasteiger partial charge is 0.334 e. The minimum Gasteiger partial charge on any atom is -0.334 e. The monoisotopic (exact) mass is 301 g/mol. The van der Waals surface area contributed by atoms with E-state index in [9.17, 15) is 8.42 Å². The van der Waals surface area contributed by atoms with Crippen molar-refractivity contribution in [1.82, 2.24) is 9.55 Å². The van der Waals surface area contributed by atoms with Crippen LogP contribution in [0.5, 0.6) is 0 Å². The molecule has 3 rings (SSSR count). The Balaban J connectivity index is 2.07. The third-order valence-electron chi connectivity index (χ3n) is 3.48. The Morgan fingerprint density at radius 1 is 1.10 bits per heavy atom. The molecule has 0 bridgehead atoms. The molecule has 0 radical (unpaired) electrons. The molecule has 0 saturated carbocycles. The second kappa shape index (κ2) is 4.89. The van der Waals surface area contributed by atoms with Crippen LogP contribution in [0.3, 0.4) is 0 Å². The van der Waals surface area contributed by atoms with Crippen LogP contribution in [-0.2, 0) is 17.1 Å². The summed E-state index contributed by atoms with van der Waals surface area (Å²) in [5, 5.41) is 0. The Morgan fingerprint density at radius 3 is 2.52 bits per heavy atom. The van der Waals surface area contributed by atoms with Crippen LogP contribution in [-0.4, -0.2) is 25.0 Å². The number of sulfonamides is 1. The minimum absolute atomic E-state index is 0.236. The average Bonchev–Trinajstić information content (AvgIpc) is 2.88. The van der Waals surface area contributed by atoms with Gasteiger partial charge in [0.1, 0.15) is 0 Å². The van der Waals surface area contributed by atoms with Crippen molar-refractivity contribution in [1.29, 1.82) is 0 Å². The van der Waals surface area contributed by atoms with Crippen LogP contribution in [0.1, 0.15) is 0 Å². The van der Waals surface area contributed by atoms with E-state index in [1.807, 2.05) is 29.8 Å². The molecule has 0 saturated heterocycles. The van der Waals surface area contributed by atoms with E-state index in [-0.39, 0.29) is 4.90 Å². The summed E-state index contributed by atoms with van der Waals surface area (Å²) in [6.07, 6.45) is 1.67. The van der Waals surface area contributed by atoms with Gasteiger partial charge in [-0.2, -0.15) is 0 Å². The molecular weight excluding hydrogens is 286 g/mol. The van der Waals surface area contributed by atoms with Gasteiger partial charge < -0.3 is 4.57 Å². The van der Waals surface area contributed by atoms with Crippen LogP contribution in [0, 0.1) is 0 Å². The number of aromatic nitrogens is 2. The number of aryl methyl sites for hydroxylation is 1. The summed E-state index contributed by atoms with van der Waals surface area (Å²) in [6, 6.07) is 14.0. The van der Waals surface area contributed by atoms with Gasteiger partial charge in [-0.25, -0.2) is 13.4 Å². The SMILES string of the molecule is CN(c1ccccc1)S(=O)(=O)c1ccc2c(c1)ncn2C. The van der Waals surface area contributed by atoms with Gasteiger partial charge in [-0.1, -0.05) is 18.2 Å². The molecule has 1 aromatic heterocycles. The number of rotatable bonds is 3.